The normalized spacial score (nSPS) is 12.0. The van der Waals surface area contributed by atoms with Gasteiger partial charge >= 0.3 is 0 Å². The zero-order valence-electron chi connectivity index (χ0n) is 11.5. The third-order valence-electron chi connectivity index (χ3n) is 3.31. The summed E-state index contributed by atoms with van der Waals surface area (Å²) in [5, 5.41) is 1.17. The maximum atomic E-state index is 12.5. The lowest BCUT2D eigenvalue weighted by molar-refractivity contribution is 0.0742. The Kier molecular flexibility index (Phi) is 5.09. The molecule has 0 saturated heterocycles. The van der Waals surface area contributed by atoms with Crippen molar-refractivity contribution < 1.29 is 4.79 Å². The Morgan fingerprint density at radius 3 is 2.43 bits per heavy atom. The monoisotopic (exact) mass is 342 g/mol. The average Bonchev–Trinajstić information content (AvgIpc) is 2.48. The summed E-state index contributed by atoms with van der Waals surface area (Å²) in [4.78, 5) is 18.0. The van der Waals surface area contributed by atoms with Crippen molar-refractivity contribution in [1.29, 1.82) is 0 Å². The van der Waals surface area contributed by atoms with Crippen LogP contribution in [0, 0.1) is 0 Å². The number of carbonyl (C=O) groups is 1. The van der Waals surface area contributed by atoms with E-state index in [2.05, 4.69) is 4.98 Å². The van der Waals surface area contributed by atoms with Crippen molar-refractivity contribution in [2.45, 2.75) is 13.0 Å². The molecule has 1 aromatic carbocycles. The Labute approximate surface area is 138 Å². The highest BCUT2D eigenvalue weighted by Gasteiger charge is 2.21. The zero-order valence-corrected chi connectivity index (χ0v) is 13.7. The molecule has 0 bridgehead atoms. The fourth-order valence-electron chi connectivity index (χ4n) is 1.91. The molecule has 3 nitrogen and oxygen atoms in total. The van der Waals surface area contributed by atoms with E-state index in [0.29, 0.717) is 10.6 Å². The van der Waals surface area contributed by atoms with Gasteiger partial charge in [0.25, 0.3) is 5.91 Å². The van der Waals surface area contributed by atoms with Crippen LogP contribution < -0.4 is 0 Å². The lowest BCUT2D eigenvalue weighted by Gasteiger charge is -2.26. The van der Waals surface area contributed by atoms with Gasteiger partial charge < -0.3 is 4.90 Å². The fraction of sp³-hybridized carbons (Fsp3) is 0.200. The van der Waals surface area contributed by atoms with E-state index in [1.54, 1.807) is 24.1 Å². The number of hydrogen-bond acceptors (Lipinski definition) is 2. The standard InChI is InChI=1S/C15H13Cl3N2O/c1-9(10-3-5-11(16)6-4-10)20(2)15(21)12-7-14(18)19-8-13(12)17/h3-9H,1-2H3. The van der Waals surface area contributed by atoms with Crippen LogP contribution in [0.1, 0.15) is 28.9 Å². The molecule has 1 aromatic heterocycles. The molecule has 0 radical (unpaired) electrons. The second-order valence-corrected chi connectivity index (χ2v) is 5.86. The van der Waals surface area contributed by atoms with Crippen LogP contribution in [0.2, 0.25) is 15.2 Å². The van der Waals surface area contributed by atoms with Gasteiger partial charge in [-0.05, 0) is 30.7 Å². The Balaban J connectivity index is 2.26. The van der Waals surface area contributed by atoms with Crippen molar-refractivity contribution in [3.8, 4) is 0 Å². The molecule has 1 amide bonds. The zero-order chi connectivity index (χ0) is 15.6. The van der Waals surface area contributed by atoms with Crippen LogP contribution in [0.5, 0.6) is 0 Å². The van der Waals surface area contributed by atoms with Crippen molar-refractivity contribution in [3.05, 3.63) is 62.9 Å². The molecular formula is C15H13Cl3N2O. The molecule has 0 N–H and O–H groups in total. The third-order valence-corrected chi connectivity index (χ3v) is 4.07. The number of hydrogen-bond donors (Lipinski definition) is 0. The first-order valence-electron chi connectivity index (χ1n) is 6.24. The molecule has 0 saturated carbocycles. The number of aromatic nitrogens is 1. The van der Waals surface area contributed by atoms with Gasteiger partial charge in [0.2, 0.25) is 0 Å². The Morgan fingerprint density at radius 2 is 1.81 bits per heavy atom. The quantitative estimate of drug-likeness (QED) is 0.745. The summed E-state index contributed by atoms with van der Waals surface area (Å²) >= 11 is 17.7. The predicted molar refractivity (Wildman–Crippen MR) is 86.2 cm³/mol. The molecule has 1 atom stereocenters. The largest absolute Gasteiger partial charge is 0.335 e. The van der Waals surface area contributed by atoms with Crippen LogP contribution in [0.15, 0.2) is 36.5 Å². The van der Waals surface area contributed by atoms with Gasteiger partial charge in [0.05, 0.1) is 16.6 Å². The lowest BCUT2D eigenvalue weighted by Crippen LogP contribution is -2.30. The number of amides is 1. The smallest absolute Gasteiger partial charge is 0.255 e. The lowest BCUT2D eigenvalue weighted by atomic mass is 10.1. The van der Waals surface area contributed by atoms with E-state index in [1.807, 2.05) is 19.1 Å². The van der Waals surface area contributed by atoms with Gasteiger partial charge in [0.15, 0.2) is 0 Å². The number of nitrogens with zero attached hydrogens (tertiary/aromatic N) is 2. The molecule has 0 aliphatic rings. The summed E-state index contributed by atoms with van der Waals surface area (Å²) in [6.07, 6.45) is 1.37. The molecule has 0 aliphatic carbocycles. The van der Waals surface area contributed by atoms with E-state index in [-0.39, 0.29) is 22.1 Å². The van der Waals surface area contributed by atoms with E-state index in [9.17, 15) is 4.79 Å². The molecule has 110 valence electrons. The van der Waals surface area contributed by atoms with Crippen LogP contribution in [0.4, 0.5) is 0 Å². The average molecular weight is 344 g/mol. The van der Waals surface area contributed by atoms with E-state index in [0.717, 1.165) is 5.56 Å². The third kappa shape index (κ3) is 3.67. The van der Waals surface area contributed by atoms with Gasteiger partial charge in [-0.2, -0.15) is 0 Å². The van der Waals surface area contributed by atoms with Gasteiger partial charge in [-0.15, -0.1) is 0 Å². The van der Waals surface area contributed by atoms with Crippen molar-refractivity contribution in [2.24, 2.45) is 0 Å². The Hall–Kier alpha value is -1.29. The molecule has 21 heavy (non-hydrogen) atoms. The first-order valence-corrected chi connectivity index (χ1v) is 7.37. The van der Waals surface area contributed by atoms with Gasteiger partial charge in [0, 0.05) is 18.3 Å². The summed E-state index contributed by atoms with van der Waals surface area (Å²) in [7, 11) is 1.71. The van der Waals surface area contributed by atoms with Gasteiger partial charge in [-0.1, -0.05) is 46.9 Å². The molecule has 6 heteroatoms. The highest BCUT2D eigenvalue weighted by molar-refractivity contribution is 6.35. The van der Waals surface area contributed by atoms with Crippen LogP contribution in [-0.2, 0) is 0 Å². The van der Waals surface area contributed by atoms with Crippen LogP contribution >= 0.6 is 34.8 Å². The van der Waals surface area contributed by atoms with Gasteiger partial charge in [-0.3, -0.25) is 4.79 Å². The van der Waals surface area contributed by atoms with E-state index >= 15 is 0 Å². The SMILES string of the molecule is CC(c1ccc(Cl)cc1)N(C)C(=O)c1cc(Cl)ncc1Cl. The number of rotatable bonds is 3. The van der Waals surface area contributed by atoms with Crippen LogP contribution in [0.3, 0.4) is 0 Å². The van der Waals surface area contributed by atoms with Crippen molar-refractivity contribution >= 4 is 40.7 Å². The summed E-state index contributed by atoms with van der Waals surface area (Å²) in [5.74, 6) is -0.216. The molecule has 0 aliphatic heterocycles. The van der Waals surface area contributed by atoms with Crippen LogP contribution in [-0.4, -0.2) is 22.8 Å². The van der Waals surface area contributed by atoms with E-state index in [4.69, 9.17) is 34.8 Å². The highest BCUT2D eigenvalue weighted by atomic mass is 35.5. The number of halogens is 3. The maximum Gasteiger partial charge on any atom is 0.255 e. The number of carbonyl (C=O) groups excluding carboxylic acids is 1. The van der Waals surface area contributed by atoms with Crippen molar-refractivity contribution in [3.63, 3.8) is 0 Å². The summed E-state index contributed by atoms with van der Waals surface area (Å²) < 4.78 is 0. The highest BCUT2D eigenvalue weighted by Crippen LogP contribution is 2.25. The number of pyridine rings is 1. The first kappa shape index (κ1) is 16.1. The number of benzene rings is 1. The van der Waals surface area contributed by atoms with E-state index in [1.165, 1.54) is 12.3 Å². The molecule has 1 unspecified atom stereocenters. The maximum absolute atomic E-state index is 12.5. The van der Waals surface area contributed by atoms with Gasteiger partial charge in [0.1, 0.15) is 5.15 Å². The summed E-state index contributed by atoms with van der Waals surface area (Å²) in [6, 6.07) is 8.70. The predicted octanol–water partition coefficient (Wildman–Crippen LogP) is 4.88. The summed E-state index contributed by atoms with van der Waals surface area (Å²) in [6.45, 7) is 1.93. The van der Waals surface area contributed by atoms with Crippen molar-refractivity contribution in [2.75, 3.05) is 7.05 Å². The Bertz CT molecular complexity index is 658. The van der Waals surface area contributed by atoms with E-state index < -0.39 is 0 Å². The minimum atomic E-state index is -0.216. The van der Waals surface area contributed by atoms with Crippen LogP contribution in [0.25, 0.3) is 0 Å². The molecule has 2 aromatic rings. The molecule has 1 heterocycles. The first-order chi connectivity index (χ1) is 9.90. The van der Waals surface area contributed by atoms with Crippen molar-refractivity contribution in [1.82, 2.24) is 9.88 Å². The minimum Gasteiger partial charge on any atom is -0.335 e. The summed E-state index contributed by atoms with van der Waals surface area (Å²) in [5.41, 5.74) is 1.31. The minimum absolute atomic E-state index is 0.127. The molecule has 2 rings (SSSR count). The second kappa shape index (κ2) is 6.65. The van der Waals surface area contributed by atoms with Gasteiger partial charge in [-0.25, -0.2) is 4.98 Å². The topological polar surface area (TPSA) is 33.2 Å². The molecular weight excluding hydrogens is 331 g/mol. The molecule has 0 spiro atoms. The fourth-order valence-corrected chi connectivity index (χ4v) is 2.38. The molecule has 0 fully saturated rings. The second-order valence-electron chi connectivity index (χ2n) is 4.63. The Morgan fingerprint density at radius 1 is 1.19 bits per heavy atom.